The van der Waals surface area contributed by atoms with Crippen molar-refractivity contribution in [1.82, 2.24) is 0 Å². The lowest BCUT2D eigenvalue weighted by atomic mass is 10.1. The molecule has 0 bridgehead atoms. The molecule has 1 atom stereocenters. The zero-order chi connectivity index (χ0) is 11.9. The number of rotatable bonds is 5. The van der Waals surface area contributed by atoms with Crippen LogP contribution in [0.5, 0.6) is 5.75 Å². The van der Waals surface area contributed by atoms with Crippen LogP contribution in [-0.2, 0) is 9.47 Å². The van der Waals surface area contributed by atoms with Gasteiger partial charge in [-0.25, -0.2) is 0 Å². The molecule has 0 aliphatic carbocycles. The summed E-state index contributed by atoms with van der Waals surface area (Å²) >= 11 is 0. The van der Waals surface area contributed by atoms with E-state index in [2.05, 4.69) is 19.1 Å². The summed E-state index contributed by atoms with van der Waals surface area (Å²) in [5, 5.41) is 0. The molecule has 1 aliphatic heterocycles. The summed E-state index contributed by atoms with van der Waals surface area (Å²) in [5.74, 6) is 0.921. The molecule has 1 fully saturated rings. The third-order valence-corrected chi connectivity index (χ3v) is 2.81. The minimum absolute atomic E-state index is 0.0541. The fourth-order valence-electron chi connectivity index (χ4n) is 1.82. The van der Waals surface area contributed by atoms with Gasteiger partial charge in [-0.2, -0.15) is 0 Å². The number of benzene rings is 1. The summed E-state index contributed by atoms with van der Waals surface area (Å²) in [6, 6.07) is 8.11. The first-order valence-electron chi connectivity index (χ1n) is 6.32. The molecule has 1 aromatic carbocycles. The monoisotopic (exact) mass is 236 g/mol. The van der Waals surface area contributed by atoms with Gasteiger partial charge in [0.25, 0.3) is 0 Å². The highest BCUT2D eigenvalue weighted by Crippen LogP contribution is 2.24. The molecule has 0 radical (unpaired) electrons. The van der Waals surface area contributed by atoms with Gasteiger partial charge < -0.3 is 14.2 Å². The summed E-state index contributed by atoms with van der Waals surface area (Å²) in [5.41, 5.74) is 1.14. The molecule has 3 heteroatoms. The quantitative estimate of drug-likeness (QED) is 0.736. The van der Waals surface area contributed by atoms with Crippen molar-refractivity contribution in [2.75, 3.05) is 26.4 Å². The van der Waals surface area contributed by atoms with Gasteiger partial charge in [0.15, 0.2) is 0 Å². The smallest absolute Gasteiger partial charge is 0.119 e. The van der Waals surface area contributed by atoms with Crippen molar-refractivity contribution in [2.24, 2.45) is 0 Å². The first kappa shape index (κ1) is 12.4. The molecule has 1 heterocycles. The highest BCUT2D eigenvalue weighted by molar-refractivity contribution is 5.30. The van der Waals surface area contributed by atoms with Gasteiger partial charge in [0.1, 0.15) is 11.9 Å². The van der Waals surface area contributed by atoms with E-state index in [4.69, 9.17) is 14.2 Å². The number of hydrogen-bond donors (Lipinski definition) is 0. The molecule has 0 aromatic heterocycles. The first-order valence-corrected chi connectivity index (χ1v) is 6.32. The van der Waals surface area contributed by atoms with E-state index >= 15 is 0 Å². The Kier molecular flexibility index (Phi) is 4.83. The molecule has 17 heavy (non-hydrogen) atoms. The molecule has 0 amide bonds. The van der Waals surface area contributed by atoms with E-state index in [1.165, 1.54) is 0 Å². The van der Waals surface area contributed by atoms with Crippen LogP contribution < -0.4 is 4.74 Å². The molecule has 2 rings (SSSR count). The number of unbranched alkanes of at least 4 members (excludes halogenated alkanes) is 1. The SMILES string of the molecule is CCCCOc1cccc(C2COCCO2)c1. The molecule has 1 aromatic rings. The van der Waals surface area contributed by atoms with E-state index in [0.29, 0.717) is 19.8 Å². The van der Waals surface area contributed by atoms with Crippen LogP contribution in [0.2, 0.25) is 0 Å². The van der Waals surface area contributed by atoms with Crippen LogP contribution in [0.1, 0.15) is 31.4 Å². The Morgan fingerprint density at radius 1 is 1.35 bits per heavy atom. The van der Waals surface area contributed by atoms with Gasteiger partial charge in [0, 0.05) is 0 Å². The molecular formula is C14H20O3. The van der Waals surface area contributed by atoms with Crippen LogP contribution in [0.3, 0.4) is 0 Å². The average Bonchev–Trinajstić information content (AvgIpc) is 2.41. The van der Waals surface area contributed by atoms with Gasteiger partial charge in [-0.1, -0.05) is 25.5 Å². The van der Waals surface area contributed by atoms with Gasteiger partial charge in [0.05, 0.1) is 26.4 Å². The predicted octanol–water partition coefficient (Wildman–Crippen LogP) is 2.95. The van der Waals surface area contributed by atoms with Crippen molar-refractivity contribution in [3.8, 4) is 5.75 Å². The summed E-state index contributed by atoms with van der Waals surface area (Å²) in [4.78, 5) is 0. The third kappa shape index (κ3) is 3.72. The van der Waals surface area contributed by atoms with E-state index in [1.54, 1.807) is 0 Å². The van der Waals surface area contributed by atoms with Crippen LogP contribution in [0, 0.1) is 0 Å². The van der Waals surface area contributed by atoms with Crippen LogP contribution in [0.4, 0.5) is 0 Å². The second-order valence-electron chi connectivity index (χ2n) is 4.21. The van der Waals surface area contributed by atoms with Crippen molar-refractivity contribution in [2.45, 2.75) is 25.9 Å². The standard InChI is InChI=1S/C14H20O3/c1-2-3-7-16-13-6-4-5-12(10-13)14-11-15-8-9-17-14/h4-6,10,14H,2-3,7-9,11H2,1H3. The minimum atomic E-state index is 0.0541. The number of ether oxygens (including phenoxy) is 3. The lowest BCUT2D eigenvalue weighted by Crippen LogP contribution is -2.21. The van der Waals surface area contributed by atoms with E-state index in [9.17, 15) is 0 Å². The molecule has 0 saturated carbocycles. The summed E-state index contributed by atoms with van der Waals surface area (Å²) in [6.45, 7) is 4.95. The van der Waals surface area contributed by atoms with E-state index in [-0.39, 0.29) is 6.10 Å². The second kappa shape index (κ2) is 6.62. The minimum Gasteiger partial charge on any atom is -0.494 e. The topological polar surface area (TPSA) is 27.7 Å². The Hall–Kier alpha value is -1.06. The van der Waals surface area contributed by atoms with Crippen molar-refractivity contribution in [3.63, 3.8) is 0 Å². The molecule has 1 aliphatic rings. The van der Waals surface area contributed by atoms with Gasteiger partial charge in [-0.15, -0.1) is 0 Å². The van der Waals surface area contributed by atoms with E-state index in [0.717, 1.165) is 30.8 Å². The maximum absolute atomic E-state index is 5.68. The summed E-state index contributed by atoms with van der Waals surface area (Å²) in [6.07, 6.45) is 2.30. The second-order valence-corrected chi connectivity index (χ2v) is 4.21. The highest BCUT2D eigenvalue weighted by atomic mass is 16.6. The Labute approximate surface area is 103 Å². The largest absolute Gasteiger partial charge is 0.494 e. The van der Waals surface area contributed by atoms with Crippen molar-refractivity contribution >= 4 is 0 Å². The third-order valence-electron chi connectivity index (χ3n) is 2.81. The van der Waals surface area contributed by atoms with E-state index < -0.39 is 0 Å². The fraction of sp³-hybridized carbons (Fsp3) is 0.571. The Bertz CT molecular complexity index is 332. The van der Waals surface area contributed by atoms with Crippen molar-refractivity contribution in [3.05, 3.63) is 29.8 Å². The van der Waals surface area contributed by atoms with Crippen molar-refractivity contribution < 1.29 is 14.2 Å². The zero-order valence-electron chi connectivity index (χ0n) is 10.4. The molecule has 0 N–H and O–H groups in total. The first-order chi connectivity index (χ1) is 8.40. The van der Waals surface area contributed by atoms with Gasteiger partial charge >= 0.3 is 0 Å². The highest BCUT2D eigenvalue weighted by Gasteiger charge is 2.16. The van der Waals surface area contributed by atoms with Crippen LogP contribution in [0.25, 0.3) is 0 Å². The van der Waals surface area contributed by atoms with Gasteiger partial charge in [-0.05, 0) is 24.1 Å². The number of hydrogen-bond acceptors (Lipinski definition) is 3. The van der Waals surface area contributed by atoms with Crippen LogP contribution >= 0.6 is 0 Å². The summed E-state index contributed by atoms with van der Waals surface area (Å²) < 4.78 is 16.8. The summed E-state index contributed by atoms with van der Waals surface area (Å²) in [7, 11) is 0. The molecule has 3 nitrogen and oxygen atoms in total. The van der Waals surface area contributed by atoms with E-state index in [1.807, 2.05) is 12.1 Å². The Balaban J connectivity index is 1.95. The van der Waals surface area contributed by atoms with Crippen LogP contribution in [0.15, 0.2) is 24.3 Å². The normalized spacial score (nSPS) is 20.2. The fourth-order valence-corrected chi connectivity index (χ4v) is 1.82. The molecular weight excluding hydrogens is 216 g/mol. The van der Waals surface area contributed by atoms with Crippen molar-refractivity contribution in [1.29, 1.82) is 0 Å². The maximum atomic E-state index is 5.68. The molecule has 1 unspecified atom stereocenters. The molecule has 0 spiro atoms. The lowest BCUT2D eigenvalue weighted by molar-refractivity contribution is -0.0902. The zero-order valence-corrected chi connectivity index (χ0v) is 10.4. The molecule has 1 saturated heterocycles. The lowest BCUT2D eigenvalue weighted by Gasteiger charge is -2.23. The average molecular weight is 236 g/mol. The Morgan fingerprint density at radius 2 is 2.29 bits per heavy atom. The van der Waals surface area contributed by atoms with Gasteiger partial charge in [-0.3, -0.25) is 0 Å². The predicted molar refractivity (Wildman–Crippen MR) is 66.4 cm³/mol. The van der Waals surface area contributed by atoms with Gasteiger partial charge in [0.2, 0.25) is 0 Å². The molecule has 94 valence electrons. The Morgan fingerprint density at radius 3 is 3.06 bits per heavy atom. The maximum Gasteiger partial charge on any atom is 0.119 e. The van der Waals surface area contributed by atoms with Crippen LogP contribution in [-0.4, -0.2) is 26.4 Å².